The lowest BCUT2D eigenvalue weighted by Crippen LogP contribution is -2.42. The summed E-state index contributed by atoms with van der Waals surface area (Å²) in [7, 11) is 0. The number of ether oxygens (including phenoxy) is 1. The van der Waals surface area contributed by atoms with Gasteiger partial charge in [0.1, 0.15) is 5.69 Å². The van der Waals surface area contributed by atoms with Crippen molar-refractivity contribution < 1.29 is 36.6 Å². The van der Waals surface area contributed by atoms with Crippen LogP contribution in [0.25, 0.3) is 21.5 Å². The van der Waals surface area contributed by atoms with E-state index in [-0.39, 0.29) is 27.9 Å². The number of hydrogen-bond donors (Lipinski definition) is 1. The second-order valence-corrected chi connectivity index (χ2v) is 11.3. The quantitative estimate of drug-likeness (QED) is 0.236. The van der Waals surface area contributed by atoms with Crippen molar-refractivity contribution in [3.05, 3.63) is 71.1 Å². The third kappa shape index (κ3) is 5.03. The van der Waals surface area contributed by atoms with Gasteiger partial charge in [0, 0.05) is 13.1 Å². The molecule has 0 saturated carbocycles. The van der Waals surface area contributed by atoms with Crippen molar-refractivity contribution in [3.8, 4) is 11.4 Å². The van der Waals surface area contributed by atoms with E-state index in [9.17, 15) is 31.9 Å². The number of aryl methyl sites for hydroxylation is 1. The first-order chi connectivity index (χ1) is 19.4. The number of carboxylic acids is 1. The molecule has 1 aliphatic heterocycles. The van der Waals surface area contributed by atoms with E-state index in [4.69, 9.17) is 4.98 Å². The maximum Gasteiger partial charge on any atom is 0.573 e. The van der Waals surface area contributed by atoms with Crippen molar-refractivity contribution >= 4 is 38.2 Å². The van der Waals surface area contributed by atoms with Crippen LogP contribution >= 0.6 is 11.3 Å². The molecule has 0 atom stereocenters. The molecule has 13 heteroatoms. The lowest BCUT2D eigenvalue weighted by atomic mass is 9.64. The van der Waals surface area contributed by atoms with Gasteiger partial charge in [-0.05, 0) is 67.0 Å². The lowest BCUT2D eigenvalue weighted by Gasteiger charge is -2.46. The Hall–Kier alpha value is -4.00. The van der Waals surface area contributed by atoms with E-state index in [1.807, 2.05) is 13.0 Å². The third-order valence-corrected chi connectivity index (χ3v) is 8.69. The van der Waals surface area contributed by atoms with E-state index in [1.165, 1.54) is 29.5 Å². The van der Waals surface area contributed by atoms with Crippen LogP contribution in [0.1, 0.15) is 52.9 Å². The molecule has 2 aromatic heterocycles. The van der Waals surface area contributed by atoms with Crippen LogP contribution in [0, 0.1) is 12.3 Å². The van der Waals surface area contributed by atoms with Crippen molar-refractivity contribution in [3.63, 3.8) is 0 Å². The van der Waals surface area contributed by atoms with Crippen LogP contribution in [-0.2, 0) is 0 Å². The summed E-state index contributed by atoms with van der Waals surface area (Å²) in [5.41, 5.74) is 1.79. The summed E-state index contributed by atoms with van der Waals surface area (Å²) in [6.45, 7) is 3.16. The second kappa shape index (κ2) is 9.82. The summed E-state index contributed by atoms with van der Waals surface area (Å²) in [6.07, 6.45) is -2.94. The molecule has 1 spiro atoms. The van der Waals surface area contributed by atoms with Gasteiger partial charge in [0.25, 0.3) is 6.43 Å². The van der Waals surface area contributed by atoms with Gasteiger partial charge in [-0.2, -0.15) is 5.10 Å². The van der Waals surface area contributed by atoms with Crippen LogP contribution in [-0.4, -0.2) is 45.3 Å². The Morgan fingerprint density at radius 2 is 1.88 bits per heavy atom. The topological polar surface area (TPSA) is 80.5 Å². The third-order valence-electron chi connectivity index (χ3n) is 7.63. The summed E-state index contributed by atoms with van der Waals surface area (Å²) in [5.74, 6) is -1.53. The minimum absolute atomic E-state index is 0.0828. The first kappa shape index (κ1) is 27.2. The van der Waals surface area contributed by atoms with Gasteiger partial charge in [-0.15, -0.1) is 13.2 Å². The Bertz CT molecular complexity index is 1690. The molecule has 2 aromatic carbocycles. The van der Waals surface area contributed by atoms with E-state index in [1.54, 1.807) is 12.1 Å². The van der Waals surface area contributed by atoms with Crippen LogP contribution in [0.3, 0.4) is 0 Å². The number of piperidine rings is 1. The van der Waals surface area contributed by atoms with Crippen molar-refractivity contribution in [2.24, 2.45) is 5.41 Å². The highest BCUT2D eigenvalue weighted by Crippen LogP contribution is 2.53. The molecule has 2 aliphatic rings. The average Bonchev–Trinajstić information content (AvgIpc) is 3.52. The second-order valence-electron chi connectivity index (χ2n) is 10.3. The van der Waals surface area contributed by atoms with Crippen LogP contribution in [0.5, 0.6) is 5.75 Å². The first-order valence-electron chi connectivity index (χ1n) is 12.8. The number of thiazole rings is 1. The number of carbonyl (C=O) groups is 1. The van der Waals surface area contributed by atoms with Gasteiger partial charge in [0.15, 0.2) is 10.9 Å². The fraction of sp³-hybridized carbons (Fsp3) is 0.321. The van der Waals surface area contributed by atoms with E-state index in [2.05, 4.69) is 14.7 Å². The fourth-order valence-electron chi connectivity index (χ4n) is 5.65. The number of aromatic nitrogens is 3. The highest BCUT2D eigenvalue weighted by molar-refractivity contribution is 7.22. The Balaban J connectivity index is 1.25. The zero-order valence-electron chi connectivity index (χ0n) is 21.6. The molecule has 4 aromatic rings. The molecule has 1 saturated heterocycles. The Morgan fingerprint density at radius 3 is 2.54 bits per heavy atom. The van der Waals surface area contributed by atoms with Crippen LogP contribution < -0.4 is 9.64 Å². The molecule has 1 fully saturated rings. The van der Waals surface area contributed by atoms with E-state index >= 15 is 0 Å². The highest BCUT2D eigenvalue weighted by atomic mass is 32.1. The maximum atomic E-state index is 14.0. The predicted octanol–water partition coefficient (Wildman–Crippen LogP) is 7.40. The van der Waals surface area contributed by atoms with Crippen LogP contribution in [0.15, 0.2) is 48.7 Å². The number of halogens is 5. The molecule has 0 radical (unpaired) electrons. The molecule has 7 nitrogen and oxygen atoms in total. The molecule has 214 valence electrons. The SMILES string of the molecule is Cc1cc(C(=O)O)cc2sc(N3CCC4(C=C(c5c(C(F)F)cnn5-c5ccccc5OC(F)(F)F)C4)CC3)nc12. The first-order valence-corrected chi connectivity index (χ1v) is 13.6. The lowest BCUT2D eigenvalue weighted by molar-refractivity contribution is -0.274. The molecule has 6 rings (SSSR count). The zero-order chi connectivity index (χ0) is 29.1. The van der Waals surface area contributed by atoms with Crippen molar-refractivity contribution in [2.75, 3.05) is 18.0 Å². The van der Waals surface area contributed by atoms with Crippen molar-refractivity contribution in [1.82, 2.24) is 14.8 Å². The van der Waals surface area contributed by atoms with E-state index in [0.29, 0.717) is 25.1 Å². The molecular formula is C28H23F5N4O3S. The van der Waals surface area contributed by atoms with Gasteiger partial charge < -0.3 is 14.7 Å². The van der Waals surface area contributed by atoms with Gasteiger partial charge >= 0.3 is 12.3 Å². The standard InChI is InChI=1S/C28H23F5N4O3S/c1-15-10-16(25(38)39)11-21-22(15)35-26(41-21)36-8-6-27(7-9-36)12-17(13-27)23-18(24(29)30)14-34-37(23)19-4-2-3-5-20(19)40-28(31,32)33/h2-5,10-12,14,24H,6-9,13H2,1H3,(H,38,39). The summed E-state index contributed by atoms with van der Waals surface area (Å²) in [5, 5.41) is 14.2. The van der Waals surface area contributed by atoms with Crippen LogP contribution in [0.4, 0.5) is 27.1 Å². The number of para-hydroxylation sites is 2. The molecule has 41 heavy (non-hydrogen) atoms. The molecule has 1 N–H and O–H groups in total. The fourth-order valence-corrected chi connectivity index (χ4v) is 6.78. The summed E-state index contributed by atoms with van der Waals surface area (Å²) in [6, 6.07) is 8.55. The molecule has 0 amide bonds. The number of rotatable bonds is 6. The van der Waals surface area contributed by atoms with Crippen molar-refractivity contribution in [2.45, 2.75) is 39.0 Å². The number of nitrogens with zero attached hydrogens (tertiary/aromatic N) is 4. The number of hydrogen-bond acceptors (Lipinski definition) is 6. The number of alkyl halides is 5. The molecule has 1 aliphatic carbocycles. The monoisotopic (exact) mass is 590 g/mol. The molecule has 0 bridgehead atoms. The average molecular weight is 591 g/mol. The Kier molecular flexibility index (Phi) is 6.51. The Morgan fingerprint density at radius 1 is 1.17 bits per heavy atom. The van der Waals surface area contributed by atoms with E-state index < -0.39 is 24.5 Å². The molecule has 0 unspecified atom stereocenters. The minimum Gasteiger partial charge on any atom is -0.478 e. The zero-order valence-corrected chi connectivity index (χ0v) is 22.4. The number of carboxylic acid groups (broad SMARTS) is 1. The number of benzene rings is 2. The number of aromatic carboxylic acids is 1. The minimum atomic E-state index is -4.96. The largest absolute Gasteiger partial charge is 0.573 e. The smallest absolute Gasteiger partial charge is 0.478 e. The number of fused-ring (bicyclic) bond motifs is 1. The predicted molar refractivity (Wildman–Crippen MR) is 143 cm³/mol. The van der Waals surface area contributed by atoms with Gasteiger partial charge in [-0.3, -0.25) is 0 Å². The molecular weight excluding hydrogens is 567 g/mol. The molecule has 3 heterocycles. The highest BCUT2D eigenvalue weighted by Gasteiger charge is 2.43. The van der Waals surface area contributed by atoms with Crippen LogP contribution in [0.2, 0.25) is 0 Å². The normalized spacial score (nSPS) is 16.8. The number of anilines is 1. The van der Waals surface area contributed by atoms with Gasteiger partial charge in [-0.25, -0.2) is 23.2 Å². The van der Waals surface area contributed by atoms with Gasteiger partial charge in [0.2, 0.25) is 0 Å². The Labute approximate surface area is 234 Å². The number of allylic oxidation sites excluding steroid dienone is 2. The van der Waals surface area contributed by atoms with E-state index in [0.717, 1.165) is 50.7 Å². The summed E-state index contributed by atoms with van der Waals surface area (Å²) >= 11 is 1.43. The van der Waals surface area contributed by atoms with Crippen molar-refractivity contribution in [1.29, 1.82) is 0 Å². The van der Waals surface area contributed by atoms with Gasteiger partial charge in [-0.1, -0.05) is 29.5 Å². The van der Waals surface area contributed by atoms with Gasteiger partial charge in [0.05, 0.1) is 33.2 Å². The summed E-state index contributed by atoms with van der Waals surface area (Å²) in [4.78, 5) is 18.3. The maximum absolute atomic E-state index is 14.0. The summed E-state index contributed by atoms with van der Waals surface area (Å²) < 4.78 is 73.0.